The second-order valence-corrected chi connectivity index (χ2v) is 7.06. The number of fused-ring (bicyclic) bond motifs is 1. The number of nitrogens with one attached hydrogen (secondary N) is 1. The van der Waals surface area contributed by atoms with E-state index in [2.05, 4.69) is 56.8 Å². The molecule has 1 N–H and O–H groups in total. The van der Waals surface area contributed by atoms with Crippen LogP contribution in [0.3, 0.4) is 0 Å². The standard InChI is InChI=1S/C23H24N4O/c28-23(24-15-6-9-18-7-2-1-3-8-18)21-12-13-22(26-25-21)27-16-14-19-10-4-5-11-20(19)17-27/h1-5,7-8,10-13H,6,9,14-17H2,(H,24,28). The van der Waals surface area contributed by atoms with Crippen LogP contribution in [0.5, 0.6) is 0 Å². The molecule has 5 heteroatoms. The van der Waals surface area contributed by atoms with Crippen molar-refractivity contribution in [3.05, 3.63) is 89.1 Å². The van der Waals surface area contributed by atoms with E-state index >= 15 is 0 Å². The fourth-order valence-corrected chi connectivity index (χ4v) is 3.54. The van der Waals surface area contributed by atoms with E-state index in [0.29, 0.717) is 12.2 Å². The molecule has 1 amide bonds. The zero-order valence-corrected chi connectivity index (χ0v) is 15.8. The zero-order chi connectivity index (χ0) is 19.2. The minimum atomic E-state index is -0.170. The Hall–Kier alpha value is -3.21. The molecule has 2 aromatic carbocycles. The van der Waals surface area contributed by atoms with Crippen molar-refractivity contribution in [2.45, 2.75) is 25.8 Å². The molecule has 0 fully saturated rings. The molecule has 1 aromatic heterocycles. The van der Waals surface area contributed by atoms with Crippen molar-refractivity contribution in [2.75, 3.05) is 18.0 Å². The number of carbonyl (C=O) groups is 1. The molecule has 1 aliphatic heterocycles. The predicted molar refractivity (Wildman–Crippen MR) is 110 cm³/mol. The number of hydrogen-bond donors (Lipinski definition) is 1. The molecule has 0 unspecified atom stereocenters. The number of nitrogens with zero attached hydrogens (tertiary/aromatic N) is 3. The van der Waals surface area contributed by atoms with Crippen LogP contribution in [0.25, 0.3) is 0 Å². The van der Waals surface area contributed by atoms with E-state index in [1.165, 1.54) is 16.7 Å². The minimum absolute atomic E-state index is 0.170. The number of rotatable bonds is 6. The first-order valence-corrected chi connectivity index (χ1v) is 9.77. The number of benzene rings is 2. The number of amides is 1. The summed E-state index contributed by atoms with van der Waals surface area (Å²) in [5, 5.41) is 11.4. The molecular formula is C23H24N4O. The molecule has 0 saturated heterocycles. The molecule has 142 valence electrons. The van der Waals surface area contributed by atoms with Gasteiger partial charge in [0.2, 0.25) is 0 Å². The lowest BCUT2D eigenvalue weighted by Crippen LogP contribution is -2.31. The second kappa shape index (κ2) is 8.65. The summed E-state index contributed by atoms with van der Waals surface area (Å²) >= 11 is 0. The largest absolute Gasteiger partial charge is 0.351 e. The Balaban J connectivity index is 1.29. The van der Waals surface area contributed by atoms with Crippen LogP contribution < -0.4 is 10.2 Å². The topological polar surface area (TPSA) is 58.1 Å². The molecule has 0 spiro atoms. The summed E-state index contributed by atoms with van der Waals surface area (Å²) in [6, 6.07) is 22.4. The lowest BCUT2D eigenvalue weighted by molar-refractivity contribution is 0.0947. The molecule has 0 aliphatic carbocycles. The first kappa shape index (κ1) is 18.2. The maximum atomic E-state index is 12.3. The molecule has 0 bridgehead atoms. The molecule has 4 rings (SSSR count). The molecule has 0 radical (unpaired) electrons. The van der Waals surface area contributed by atoms with E-state index in [0.717, 1.165) is 38.2 Å². The Morgan fingerprint density at radius 1 is 0.929 bits per heavy atom. The van der Waals surface area contributed by atoms with Gasteiger partial charge in [-0.15, -0.1) is 10.2 Å². The van der Waals surface area contributed by atoms with Crippen LogP contribution in [-0.2, 0) is 19.4 Å². The highest BCUT2D eigenvalue weighted by Crippen LogP contribution is 2.22. The third-order valence-corrected chi connectivity index (χ3v) is 5.11. The van der Waals surface area contributed by atoms with Gasteiger partial charge < -0.3 is 10.2 Å². The predicted octanol–water partition coefficient (Wildman–Crippen LogP) is 3.40. The molecule has 2 heterocycles. The average Bonchev–Trinajstić information content (AvgIpc) is 2.77. The molecule has 0 atom stereocenters. The lowest BCUT2D eigenvalue weighted by Gasteiger charge is -2.29. The Kier molecular flexibility index (Phi) is 5.61. The fraction of sp³-hybridized carbons (Fsp3) is 0.261. The van der Waals surface area contributed by atoms with Gasteiger partial charge in [-0.3, -0.25) is 4.79 Å². The van der Waals surface area contributed by atoms with E-state index in [4.69, 9.17) is 0 Å². The molecular weight excluding hydrogens is 348 g/mol. The van der Waals surface area contributed by atoms with Crippen LogP contribution in [0, 0.1) is 0 Å². The van der Waals surface area contributed by atoms with Crippen molar-refractivity contribution in [1.82, 2.24) is 15.5 Å². The van der Waals surface area contributed by atoms with Crippen LogP contribution >= 0.6 is 0 Å². The van der Waals surface area contributed by atoms with Crippen LogP contribution in [0.2, 0.25) is 0 Å². The van der Waals surface area contributed by atoms with E-state index in [9.17, 15) is 4.79 Å². The third-order valence-electron chi connectivity index (χ3n) is 5.11. The Labute approximate surface area is 165 Å². The highest BCUT2D eigenvalue weighted by atomic mass is 16.1. The lowest BCUT2D eigenvalue weighted by atomic mass is 10.00. The van der Waals surface area contributed by atoms with Crippen molar-refractivity contribution in [3.63, 3.8) is 0 Å². The number of carbonyl (C=O) groups excluding carboxylic acids is 1. The van der Waals surface area contributed by atoms with Gasteiger partial charge >= 0.3 is 0 Å². The first-order chi connectivity index (χ1) is 13.8. The number of aromatic nitrogens is 2. The summed E-state index contributed by atoms with van der Waals surface area (Å²) in [5.74, 6) is 0.645. The molecule has 5 nitrogen and oxygen atoms in total. The monoisotopic (exact) mass is 372 g/mol. The normalized spacial score (nSPS) is 13.1. The van der Waals surface area contributed by atoms with Gasteiger partial charge in [0.25, 0.3) is 5.91 Å². The zero-order valence-electron chi connectivity index (χ0n) is 15.8. The second-order valence-electron chi connectivity index (χ2n) is 7.06. The van der Waals surface area contributed by atoms with Gasteiger partial charge in [0, 0.05) is 19.6 Å². The average molecular weight is 372 g/mol. The SMILES string of the molecule is O=C(NCCCc1ccccc1)c1ccc(N2CCc3ccccc3C2)nn1. The fourth-order valence-electron chi connectivity index (χ4n) is 3.54. The van der Waals surface area contributed by atoms with Crippen LogP contribution in [0.4, 0.5) is 5.82 Å². The van der Waals surface area contributed by atoms with Crippen LogP contribution in [-0.4, -0.2) is 29.2 Å². The van der Waals surface area contributed by atoms with Gasteiger partial charge in [0.15, 0.2) is 11.5 Å². The van der Waals surface area contributed by atoms with E-state index in [1.54, 1.807) is 6.07 Å². The van der Waals surface area contributed by atoms with Crippen molar-refractivity contribution in [3.8, 4) is 0 Å². The molecule has 0 saturated carbocycles. The molecule has 3 aromatic rings. The van der Waals surface area contributed by atoms with E-state index in [-0.39, 0.29) is 5.91 Å². The van der Waals surface area contributed by atoms with E-state index in [1.807, 2.05) is 24.3 Å². The van der Waals surface area contributed by atoms with Gasteiger partial charge in [-0.2, -0.15) is 0 Å². The number of hydrogen-bond acceptors (Lipinski definition) is 4. The van der Waals surface area contributed by atoms with Crippen molar-refractivity contribution in [1.29, 1.82) is 0 Å². The highest BCUT2D eigenvalue weighted by Gasteiger charge is 2.18. The highest BCUT2D eigenvalue weighted by molar-refractivity contribution is 5.92. The van der Waals surface area contributed by atoms with Gasteiger partial charge in [-0.25, -0.2) is 0 Å². The summed E-state index contributed by atoms with van der Waals surface area (Å²) in [6.45, 7) is 2.37. The van der Waals surface area contributed by atoms with Gasteiger partial charge in [-0.1, -0.05) is 54.6 Å². The third kappa shape index (κ3) is 4.36. The van der Waals surface area contributed by atoms with Gasteiger partial charge in [-0.05, 0) is 48.1 Å². The van der Waals surface area contributed by atoms with Crippen molar-refractivity contribution < 1.29 is 4.79 Å². The summed E-state index contributed by atoms with van der Waals surface area (Å²) in [4.78, 5) is 14.5. The van der Waals surface area contributed by atoms with Gasteiger partial charge in [0.1, 0.15) is 0 Å². The quantitative estimate of drug-likeness (QED) is 0.674. The Bertz CT molecular complexity index is 925. The first-order valence-electron chi connectivity index (χ1n) is 9.77. The van der Waals surface area contributed by atoms with Gasteiger partial charge in [0.05, 0.1) is 0 Å². The van der Waals surface area contributed by atoms with Crippen molar-refractivity contribution >= 4 is 11.7 Å². The Morgan fingerprint density at radius 3 is 2.50 bits per heavy atom. The molecule has 28 heavy (non-hydrogen) atoms. The maximum Gasteiger partial charge on any atom is 0.271 e. The summed E-state index contributed by atoms with van der Waals surface area (Å²) in [7, 11) is 0. The summed E-state index contributed by atoms with van der Waals surface area (Å²) in [5.41, 5.74) is 4.37. The molecule has 1 aliphatic rings. The summed E-state index contributed by atoms with van der Waals surface area (Å²) in [6.07, 6.45) is 2.85. The van der Waals surface area contributed by atoms with Crippen LogP contribution in [0.1, 0.15) is 33.6 Å². The smallest absolute Gasteiger partial charge is 0.271 e. The minimum Gasteiger partial charge on any atom is -0.351 e. The van der Waals surface area contributed by atoms with Crippen LogP contribution in [0.15, 0.2) is 66.7 Å². The maximum absolute atomic E-state index is 12.3. The van der Waals surface area contributed by atoms with E-state index < -0.39 is 0 Å². The number of aryl methyl sites for hydroxylation is 1. The Morgan fingerprint density at radius 2 is 1.71 bits per heavy atom. The number of anilines is 1. The van der Waals surface area contributed by atoms with Crippen molar-refractivity contribution in [2.24, 2.45) is 0 Å². The summed E-state index contributed by atoms with van der Waals surface area (Å²) < 4.78 is 0.